The van der Waals surface area contributed by atoms with Gasteiger partial charge in [0.25, 0.3) is 0 Å². The van der Waals surface area contributed by atoms with Crippen molar-refractivity contribution in [2.45, 2.75) is 76.7 Å². The Morgan fingerprint density at radius 2 is 1.33 bits per heavy atom. The summed E-state index contributed by atoms with van der Waals surface area (Å²) in [7, 11) is 0. The molecule has 21 heavy (non-hydrogen) atoms. The molecule has 0 bridgehead atoms. The Balaban J connectivity index is 4.64. The molecule has 0 aromatic carbocycles. The van der Waals surface area contributed by atoms with Gasteiger partial charge >= 0.3 is 0 Å². The van der Waals surface area contributed by atoms with Crippen molar-refractivity contribution in [3.63, 3.8) is 0 Å². The minimum atomic E-state index is -0.165. The van der Waals surface area contributed by atoms with Gasteiger partial charge < -0.3 is 22.5 Å². The lowest BCUT2D eigenvalue weighted by atomic mass is 9.83. The van der Waals surface area contributed by atoms with Gasteiger partial charge in [-0.1, -0.05) is 19.8 Å². The van der Waals surface area contributed by atoms with Crippen LogP contribution in [0, 0.1) is 0 Å². The van der Waals surface area contributed by atoms with E-state index >= 15 is 0 Å². The molecule has 0 fully saturated rings. The monoisotopic (exact) mass is 300 g/mol. The highest BCUT2D eigenvalue weighted by Gasteiger charge is 2.29. The molecule has 126 valence electrons. The van der Waals surface area contributed by atoms with Gasteiger partial charge in [-0.05, 0) is 64.6 Å². The second kappa shape index (κ2) is 13.0. The SMILES string of the molecule is CCCCCC(=O)NC(CCCN)(CCCN)CCCN. The third kappa shape index (κ3) is 9.82. The maximum atomic E-state index is 12.2. The van der Waals surface area contributed by atoms with Crippen LogP contribution in [0.2, 0.25) is 0 Å². The first kappa shape index (κ1) is 20.3. The van der Waals surface area contributed by atoms with E-state index < -0.39 is 0 Å². The molecular formula is C16H36N4O. The normalized spacial score (nSPS) is 11.6. The summed E-state index contributed by atoms with van der Waals surface area (Å²) in [5.41, 5.74) is 16.8. The first-order valence-electron chi connectivity index (χ1n) is 8.55. The Morgan fingerprint density at radius 1 is 0.857 bits per heavy atom. The second-order valence-electron chi connectivity index (χ2n) is 5.96. The zero-order chi connectivity index (χ0) is 16.0. The molecule has 0 aliphatic rings. The van der Waals surface area contributed by atoms with E-state index in [-0.39, 0.29) is 11.4 Å². The smallest absolute Gasteiger partial charge is 0.220 e. The highest BCUT2D eigenvalue weighted by molar-refractivity contribution is 5.76. The Bertz CT molecular complexity index is 237. The highest BCUT2D eigenvalue weighted by Crippen LogP contribution is 2.25. The van der Waals surface area contributed by atoms with Crippen LogP contribution >= 0.6 is 0 Å². The third-order valence-corrected chi connectivity index (χ3v) is 3.99. The van der Waals surface area contributed by atoms with E-state index in [1.54, 1.807) is 0 Å². The lowest BCUT2D eigenvalue weighted by Crippen LogP contribution is -2.49. The molecule has 1 amide bonds. The summed E-state index contributed by atoms with van der Waals surface area (Å²) in [4.78, 5) is 12.2. The van der Waals surface area contributed by atoms with Gasteiger partial charge in [-0.15, -0.1) is 0 Å². The highest BCUT2D eigenvalue weighted by atomic mass is 16.1. The molecule has 0 aliphatic heterocycles. The molecule has 0 aromatic heterocycles. The van der Waals surface area contributed by atoms with Gasteiger partial charge in [-0.3, -0.25) is 4.79 Å². The van der Waals surface area contributed by atoms with E-state index in [1.807, 2.05) is 0 Å². The molecule has 0 aromatic rings. The van der Waals surface area contributed by atoms with Gasteiger partial charge in [-0.2, -0.15) is 0 Å². The molecule has 0 aliphatic carbocycles. The van der Waals surface area contributed by atoms with Gasteiger partial charge in [0.2, 0.25) is 5.91 Å². The molecule has 0 saturated carbocycles. The molecule has 5 heteroatoms. The quantitative estimate of drug-likeness (QED) is 0.366. The van der Waals surface area contributed by atoms with Gasteiger partial charge in [0.05, 0.1) is 0 Å². The lowest BCUT2D eigenvalue weighted by Gasteiger charge is -2.35. The fraction of sp³-hybridized carbons (Fsp3) is 0.938. The van der Waals surface area contributed by atoms with Crippen molar-refractivity contribution < 1.29 is 4.79 Å². The predicted octanol–water partition coefficient (Wildman–Crippen LogP) is 1.64. The number of amides is 1. The van der Waals surface area contributed by atoms with Crippen LogP contribution in [0.25, 0.3) is 0 Å². The van der Waals surface area contributed by atoms with Crippen molar-refractivity contribution in [2.75, 3.05) is 19.6 Å². The van der Waals surface area contributed by atoms with Crippen LogP contribution in [0.15, 0.2) is 0 Å². The minimum Gasteiger partial charge on any atom is -0.351 e. The van der Waals surface area contributed by atoms with Crippen molar-refractivity contribution in [3.8, 4) is 0 Å². The lowest BCUT2D eigenvalue weighted by molar-refractivity contribution is -0.123. The summed E-state index contributed by atoms with van der Waals surface area (Å²) in [6.45, 7) is 4.10. The fourth-order valence-corrected chi connectivity index (χ4v) is 2.78. The average molecular weight is 300 g/mol. The zero-order valence-corrected chi connectivity index (χ0v) is 13.8. The summed E-state index contributed by atoms with van der Waals surface area (Å²) in [5.74, 6) is 0.162. The van der Waals surface area contributed by atoms with Crippen LogP contribution in [0.4, 0.5) is 0 Å². The largest absolute Gasteiger partial charge is 0.351 e. The standard InChI is InChI=1S/C16H36N4O/c1-2-3-4-8-15(21)20-16(9-5-12-17,10-6-13-18)11-7-14-19/h2-14,17-19H2,1H3,(H,20,21). The number of carbonyl (C=O) groups is 1. The van der Waals surface area contributed by atoms with Crippen LogP contribution in [-0.4, -0.2) is 31.1 Å². The van der Waals surface area contributed by atoms with Crippen LogP contribution in [0.5, 0.6) is 0 Å². The van der Waals surface area contributed by atoms with Crippen molar-refractivity contribution in [2.24, 2.45) is 17.2 Å². The molecular weight excluding hydrogens is 264 g/mol. The van der Waals surface area contributed by atoms with Crippen molar-refractivity contribution in [3.05, 3.63) is 0 Å². The van der Waals surface area contributed by atoms with Crippen LogP contribution in [0.3, 0.4) is 0 Å². The summed E-state index contributed by atoms with van der Waals surface area (Å²) < 4.78 is 0. The number of carbonyl (C=O) groups excluding carboxylic acids is 1. The molecule has 0 saturated heterocycles. The van der Waals surface area contributed by atoms with Crippen molar-refractivity contribution in [1.29, 1.82) is 0 Å². The van der Waals surface area contributed by atoms with Gasteiger partial charge in [0.15, 0.2) is 0 Å². The molecule has 0 spiro atoms. The van der Waals surface area contributed by atoms with Crippen LogP contribution in [-0.2, 0) is 4.79 Å². The maximum absolute atomic E-state index is 12.2. The van der Waals surface area contributed by atoms with E-state index in [2.05, 4.69) is 12.2 Å². The number of hydrogen-bond donors (Lipinski definition) is 4. The maximum Gasteiger partial charge on any atom is 0.220 e. The predicted molar refractivity (Wildman–Crippen MR) is 89.9 cm³/mol. The van der Waals surface area contributed by atoms with E-state index in [0.29, 0.717) is 26.1 Å². The Kier molecular flexibility index (Phi) is 12.6. The Labute approximate surface area is 130 Å². The van der Waals surface area contributed by atoms with Crippen molar-refractivity contribution in [1.82, 2.24) is 5.32 Å². The van der Waals surface area contributed by atoms with Gasteiger partial charge in [0, 0.05) is 12.0 Å². The molecule has 0 heterocycles. The second-order valence-corrected chi connectivity index (χ2v) is 5.96. The number of unbranched alkanes of at least 4 members (excludes halogenated alkanes) is 2. The number of nitrogens with one attached hydrogen (secondary N) is 1. The summed E-state index contributed by atoms with van der Waals surface area (Å²) >= 11 is 0. The molecule has 5 nitrogen and oxygen atoms in total. The van der Waals surface area contributed by atoms with Crippen LogP contribution < -0.4 is 22.5 Å². The number of rotatable bonds is 14. The topological polar surface area (TPSA) is 107 Å². The summed E-state index contributed by atoms with van der Waals surface area (Å²) in [6.07, 6.45) is 9.33. The first-order chi connectivity index (χ1) is 10.1. The van der Waals surface area contributed by atoms with E-state index in [0.717, 1.165) is 57.8 Å². The fourth-order valence-electron chi connectivity index (χ4n) is 2.78. The number of hydrogen-bond acceptors (Lipinski definition) is 4. The van der Waals surface area contributed by atoms with Crippen molar-refractivity contribution >= 4 is 5.91 Å². The number of nitrogens with two attached hydrogens (primary N) is 3. The molecule has 0 radical (unpaired) electrons. The molecule has 0 atom stereocenters. The van der Waals surface area contributed by atoms with Gasteiger partial charge in [-0.25, -0.2) is 0 Å². The van der Waals surface area contributed by atoms with E-state index in [1.165, 1.54) is 0 Å². The Hall–Kier alpha value is -0.650. The third-order valence-electron chi connectivity index (χ3n) is 3.99. The summed E-state index contributed by atoms with van der Waals surface area (Å²) in [6, 6.07) is 0. The zero-order valence-electron chi connectivity index (χ0n) is 13.8. The van der Waals surface area contributed by atoms with E-state index in [9.17, 15) is 4.79 Å². The average Bonchev–Trinajstić information content (AvgIpc) is 2.49. The van der Waals surface area contributed by atoms with Gasteiger partial charge in [0.1, 0.15) is 0 Å². The molecule has 0 rings (SSSR count). The van der Waals surface area contributed by atoms with Crippen LogP contribution in [0.1, 0.15) is 71.1 Å². The van der Waals surface area contributed by atoms with E-state index in [4.69, 9.17) is 17.2 Å². The molecule has 7 N–H and O–H groups in total. The first-order valence-corrected chi connectivity index (χ1v) is 8.55. The molecule has 0 unspecified atom stereocenters. The minimum absolute atomic E-state index is 0.162. The Morgan fingerprint density at radius 3 is 1.71 bits per heavy atom. The summed E-state index contributed by atoms with van der Waals surface area (Å²) in [5, 5.41) is 3.29.